The molecule has 1 saturated heterocycles. The van der Waals surface area contributed by atoms with Gasteiger partial charge in [-0.15, -0.1) is 12.4 Å². The summed E-state index contributed by atoms with van der Waals surface area (Å²) in [6.07, 6.45) is 2.05. The first-order chi connectivity index (χ1) is 8.19. The lowest BCUT2D eigenvalue weighted by molar-refractivity contribution is -0.127. The highest BCUT2D eigenvalue weighted by Gasteiger charge is 2.28. The fraction of sp³-hybridized carbons (Fsp3) is 0.917. The molecule has 1 heterocycles. The molecule has 1 aliphatic heterocycles. The quantitative estimate of drug-likeness (QED) is 0.683. The van der Waals surface area contributed by atoms with Crippen molar-refractivity contribution in [2.75, 3.05) is 39.9 Å². The van der Waals surface area contributed by atoms with Crippen molar-refractivity contribution in [3.05, 3.63) is 0 Å². The van der Waals surface area contributed by atoms with Crippen LogP contribution in [0.4, 0.5) is 0 Å². The number of nitrogens with two attached hydrogens (primary N) is 1. The van der Waals surface area contributed by atoms with Gasteiger partial charge in [-0.3, -0.25) is 9.69 Å². The lowest BCUT2D eigenvalue weighted by Crippen LogP contribution is -2.48. The number of nitrogens with zero attached hydrogens (tertiary/aromatic N) is 1. The monoisotopic (exact) mass is 279 g/mol. The summed E-state index contributed by atoms with van der Waals surface area (Å²) in [7, 11) is 1.64. The Bertz CT molecular complexity index is 241. The first-order valence-electron chi connectivity index (χ1n) is 6.39. The third-order valence-corrected chi connectivity index (χ3v) is 3.40. The maximum absolute atomic E-state index is 11.9. The number of halogens is 1. The summed E-state index contributed by atoms with van der Waals surface area (Å²) in [4.78, 5) is 14.2. The summed E-state index contributed by atoms with van der Waals surface area (Å²) in [5, 5.41) is 2.91. The van der Waals surface area contributed by atoms with Gasteiger partial charge in [-0.1, -0.05) is 0 Å². The molecular weight excluding hydrogens is 254 g/mol. The molecule has 1 fully saturated rings. The Hall–Kier alpha value is -0.360. The van der Waals surface area contributed by atoms with Crippen molar-refractivity contribution >= 4 is 18.3 Å². The molecule has 0 aromatic rings. The molecule has 18 heavy (non-hydrogen) atoms. The summed E-state index contributed by atoms with van der Waals surface area (Å²) < 4.78 is 4.91. The Labute approximate surface area is 116 Å². The molecule has 0 aliphatic carbocycles. The van der Waals surface area contributed by atoms with Crippen molar-refractivity contribution in [2.24, 2.45) is 11.7 Å². The van der Waals surface area contributed by atoms with E-state index < -0.39 is 0 Å². The maximum Gasteiger partial charge on any atom is 0.224 e. The van der Waals surface area contributed by atoms with E-state index in [4.69, 9.17) is 10.5 Å². The highest BCUT2D eigenvalue weighted by molar-refractivity contribution is 5.85. The second-order valence-electron chi connectivity index (χ2n) is 4.69. The molecule has 1 amide bonds. The standard InChI is InChI=1S/C12H25N3O2.ClH/c1-10-3-4-11(9-15(10)7-5-13)12(16)14-6-8-17-2;/h10-11H,3-9,13H2,1-2H3,(H,14,16);1H. The van der Waals surface area contributed by atoms with Crippen LogP contribution in [0.1, 0.15) is 19.8 Å². The van der Waals surface area contributed by atoms with Crippen LogP contribution in [0.25, 0.3) is 0 Å². The molecule has 1 rings (SSSR count). The van der Waals surface area contributed by atoms with E-state index in [1.807, 2.05) is 0 Å². The SMILES string of the molecule is COCCNC(=O)C1CCC(C)N(CCN)C1.Cl. The fourth-order valence-corrected chi connectivity index (χ4v) is 2.29. The first-order valence-corrected chi connectivity index (χ1v) is 6.39. The minimum absolute atomic E-state index is 0. The van der Waals surface area contributed by atoms with Gasteiger partial charge in [0.1, 0.15) is 0 Å². The van der Waals surface area contributed by atoms with Gasteiger partial charge in [0.05, 0.1) is 12.5 Å². The Balaban J connectivity index is 0.00000289. The molecule has 1 aliphatic rings. The van der Waals surface area contributed by atoms with Gasteiger partial charge in [-0.25, -0.2) is 0 Å². The lowest BCUT2D eigenvalue weighted by Gasteiger charge is -2.37. The van der Waals surface area contributed by atoms with Crippen molar-refractivity contribution < 1.29 is 9.53 Å². The van der Waals surface area contributed by atoms with Gasteiger partial charge in [0, 0.05) is 39.3 Å². The second kappa shape index (κ2) is 9.55. The molecule has 2 unspecified atom stereocenters. The van der Waals surface area contributed by atoms with Crippen LogP contribution in [0.3, 0.4) is 0 Å². The van der Waals surface area contributed by atoms with E-state index >= 15 is 0 Å². The number of carbonyl (C=O) groups is 1. The highest BCUT2D eigenvalue weighted by atomic mass is 35.5. The number of hydrogen-bond acceptors (Lipinski definition) is 4. The van der Waals surface area contributed by atoms with Gasteiger partial charge < -0.3 is 15.8 Å². The van der Waals surface area contributed by atoms with Crippen molar-refractivity contribution in [1.82, 2.24) is 10.2 Å². The van der Waals surface area contributed by atoms with Crippen LogP contribution in [-0.4, -0.2) is 56.7 Å². The smallest absolute Gasteiger partial charge is 0.224 e. The molecule has 0 aromatic carbocycles. The summed E-state index contributed by atoms with van der Waals surface area (Å²) in [6.45, 7) is 5.73. The first kappa shape index (κ1) is 17.6. The summed E-state index contributed by atoms with van der Waals surface area (Å²) in [6, 6.07) is 0.543. The average molecular weight is 280 g/mol. The van der Waals surface area contributed by atoms with E-state index in [2.05, 4.69) is 17.1 Å². The zero-order valence-corrected chi connectivity index (χ0v) is 12.2. The van der Waals surface area contributed by atoms with Crippen molar-refractivity contribution in [2.45, 2.75) is 25.8 Å². The Morgan fingerprint density at radius 3 is 2.83 bits per heavy atom. The molecule has 0 saturated carbocycles. The maximum atomic E-state index is 11.9. The summed E-state index contributed by atoms with van der Waals surface area (Å²) in [5.41, 5.74) is 5.58. The number of hydrogen-bond donors (Lipinski definition) is 2. The number of likely N-dealkylation sites (tertiary alicyclic amines) is 1. The van der Waals surface area contributed by atoms with Gasteiger partial charge in [-0.05, 0) is 19.8 Å². The Morgan fingerprint density at radius 1 is 1.50 bits per heavy atom. The number of nitrogens with one attached hydrogen (secondary N) is 1. The van der Waals surface area contributed by atoms with E-state index in [-0.39, 0.29) is 24.2 Å². The van der Waals surface area contributed by atoms with Crippen molar-refractivity contribution in [3.8, 4) is 0 Å². The molecule has 2 atom stereocenters. The minimum Gasteiger partial charge on any atom is -0.383 e. The van der Waals surface area contributed by atoms with Crippen LogP contribution in [0.15, 0.2) is 0 Å². The number of methoxy groups -OCH3 is 1. The van der Waals surface area contributed by atoms with E-state index in [0.717, 1.165) is 25.9 Å². The zero-order valence-electron chi connectivity index (χ0n) is 11.4. The third kappa shape index (κ3) is 5.52. The minimum atomic E-state index is 0. The van der Waals surface area contributed by atoms with Gasteiger partial charge in [0.2, 0.25) is 5.91 Å². The molecule has 108 valence electrons. The predicted octanol–water partition coefficient (Wildman–Crippen LogP) is 0.230. The van der Waals surface area contributed by atoms with Crippen LogP contribution in [-0.2, 0) is 9.53 Å². The Morgan fingerprint density at radius 2 is 2.22 bits per heavy atom. The third-order valence-electron chi connectivity index (χ3n) is 3.40. The van der Waals surface area contributed by atoms with Crippen LogP contribution >= 0.6 is 12.4 Å². The van der Waals surface area contributed by atoms with E-state index in [0.29, 0.717) is 25.7 Å². The van der Waals surface area contributed by atoms with Crippen LogP contribution < -0.4 is 11.1 Å². The fourth-order valence-electron chi connectivity index (χ4n) is 2.29. The second-order valence-corrected chi connectivity index (χ2v) is 4.69. The normalized spacial score (nSPS) is 24.4. The highest BCUT2D eigenvalue weighted by Crippen LogP contribution is 2.21. The van der Waals surface area contributed by atoms with Gasteiger partial charge >= 0.3 is 0 Å². The number of ether oxygens (including phenoxy) is 1. The predicted molar refractivity (Wildman–Crippen MR) is 74.9 cm³/mol. The molecule has 0 spiro atoms. The zero-order chi connectivity index (χ0) is 12.7. The number of amides is 1. The molecule has 0 radical (unpaired) electrons. The average Bonchev–Trinajstić information content (AvgIpc) is 2.32. The number of carbonyl (C=O) groups excluding carboxylic acids is 1. The van der Waals surface area contributed by atoms with Crippen LogP contribution in [0.2, 0.25) is 0 Å². The largest absolute Gasteiger partial charge is 0.383 e. The van der Waals surface area contributed by atoms with Crippen LogP contribution in [0, 0.1) is 5.92 Å². The van der Waals surface area contributed by atoms with Crippen molar-refractivity contribution in [1.29, 1.82) is 0 Å². The number of rotatable bonds is 6. The van der Waals surface area contributed by atoms with Crippen molar-refractivity contribution in [3.63, 3.8) is 0 Å². The van der Waals surface area contributed by atoms with Gasteiger partial charge in [0.25, 0.3) is 0 Å². The van der Waals surface area contributed by atoms with Gasteiger partial charge in [-0.2, -0.15) is 0 Å². The summed E-state index contributed by atoms with van der Waals surface area (Å²) >= 11 is 0. The topological polar surface area (TPSA) is 67.6 Å². The number of piperidine rings is 1. The van der Waals surface area contributed by atoms with Crippen LogP contribution in [0.5, 0.6) is 0 Å². The van der Waals surface area contributed by atoms with E-state index in [1.54, 1.807) is 7.11 Å². The van der Waals surface area contributed by atoms with Gasteiger partial charge in [0.15, 0.2) is 0 Å². The molecule has 5 nitrogen and oxygen atoms in total. The lowest BCUT2D eigenvalue weighted by atomic mass is 9.92. The Kier molecular flexibility index (Phi) is 9.36. The van der Waals surface area contributed by atoms with E-state index in [9.17, 15) is 4.79 Å². The molecule has 0 bridgehead atoms. The molecule has 6 heteroatoms. The van der Waals surface area contributed by atoms with E-state index in [1.165, 1.54) is 0 Å². The molecular formula is C12H26ClN3O2. The molecule has 3 N–H and O–H groups in total. The summed E-state index contributed by atoms with van der Waals surface area (Å²) in [5.74, 6) is 0.255. The molecule has 0 aromatic heterocycles.